The highest BCUT2D eigenvalue weighted by molar-refractivity contribution is 6.01. The van der Waals surface area contributed by atoms with Crippen LogP contribution in [0, 0.1) is 5.92 Å². The number of likely N-dealkylation sites (N-methyl/N-ethyl adjacent to an activating group) is 1. The molecule has 8 heteroatoms. The van der Waals surface area contributed by atoms with Gasteiger partial charge in [-0.25, -0.2) is 0 Å². The molecule has 1 aromatic rings. The predicted octanol–water partition coefficient (Wildman–Crippen LogP) is 0.747. The second-order valence-corrected chi connectivity index (χ2v) is 7.38. The smallest absolute Gasteiger partial charge is 0.308 e. The summed E-state index contributed by atoms with van der Waals surface area (Å²) in [6.45, 7) is 0.434. The van der Waals surface area contributed by atoms with Crippen molar-refractivity contribution in [1.29, 1.82) is 0 Å². The Morgan fingerprint density at radius 1 is 1.21 bits per heavy atom. The fourth-order valence-corrected chi connectivity index (χ4v) is 3.72. The van der Waals surface area contributed by atoms with Gasteiger partial charge >= 0.3 is 5.97 Å². The first-order valence-corrected chi connectivity index (χ1v) is 9.49. The van der Waals surface area contributed by atoms with Gasteiger partial charge in [-0.1, -0.05) is 18.2 Å². The minimum absolute atomic E-state index is 0.105. The van der Waals surface area contributed by atoms with E-state index in [1.165, 1.54) is 21.7 Å². The van der Waals surface area contributed by atoms with Crippen molar-refractivity contribution >= 4 is 29.4 Å². The Morgan fingerprint density at radius 3 is 2.71 bits per heavy atom. The molecule has 1 aromatic carbocycles. The van der Waals surface area contributed by atoms with Crippen LogP contribution in [0.15, 0.2) is 24.3 Å². The van der Waals surface area contributed by atoms with Crippen molar-refractivity contribution in [2.24, 2.45) is 5.92 Å². The first-order valence-electron chi connectivity index (χ1n) is 9.49. The second kappa shape index (κ2) is 8.41. The summed E-state index contributed by atoms with van der Waals surface area (Å²) in [7, 11) is 1.53. The maximum Gasteiger partial charge on any atom is 0.308 e. The third kappa shape index (κ3) is 4.32. The number of carbonyl (C=O) groups excluding carboxylic acids is 3. The molecule has 150 valence electrons. The highest BCUT2D eigenvalue weighted by Crippen LogP contribution is 2.27. The summed E-state index contributed by atoms with van der Waals surface area (Å²) in [6, 6.07) is 7.51. The number of anilines is 1. The van der Waals surface area contributed by atoms with E-state index in [9.17, 15) is 19.2 Å². The third-order valence-corrected chi connectivity index (χ3v) is 5.41. The molecule has 1 saturated heterocycles. The molecule has 2 aliphatic heterocycles. The molecule has 1 fully saturated rings. The SMILES string of the molecule is CN(CC(=O)N1CCCC(C(=O)O)C1)C(=O)CN1C(=O)CCc2ccccc21. The number of hydrogen-bond donors (Lipinski definition) is 1. The Hall–Kier alpha value is -2.90. The van der Waals surface area contributed by atoms with Crippen LogP contribution in [0.4, 0.5) is 5.69 Å². The van der Waals surface area contributed by atoms with Crippen LogP contribution in [0.3, 0.4) is 0 Å². The number of likely N-dealkylation sites (tertiary alicyclic amines) is 1. The topological polar surface area (TPSA) is 98.2 Å². The Bertz CT molecular complexity index is 794. The lowest BCUT2D eigenvalue weighted by Crippen LogP contribution is -2.49. The standard InChI is InChI=1S/C20H25N3O5/c1-21(12-19(26)22-10-4-6-15(11-22)20(27)28)18(25)13-23-16-7-3-2-5-14(16)8-9-17(23)24/h2-3,5,7,15H,4,6,8-13H2,1H3,(H,27,28). The fourth-order valence-electron chi connectivity index (χ4n) is 3.72. The van der Waals surface area contributed by atoms with E-state index < -0.39 is 11.9 Å². The number of carboxylic acids is 1. The molecule has 0 radical (unpaired) electrons. The van der Waals surface area contributed by atoms with Gasteiger partial charge in [-0.2, -0.15) is 0 Å². The van der Waals surface area contributed by atoms with Crippen molar-refractivity contribution in [2.75, 3.05) is 38.1 Å². The zero-order valence-electron chi connectivity index (χ0n) is 16.0. The van der Waals surface area contributed by atoms with Gasteiger partial charge in [0.25, 0.3) is 0 Å². The average Bonchev–Trinajstić information content (AvgIpc) is 2.70. The molecule has 1 N–H and O–H groups in total. The highest BCUT2D eigenvalue weighted by atomic mass is 16.4. The molecule has 1 unspecified atom stereocenters. The van der Waals surface area contributed by atoms with Crippen LogP contribution in [-0.4, -0.2) is 71.8 Å². The van der Waals surface area contributed by atoms with Crippen LogP contribution < -0.4 is 4.90 Å². The van der Waals surface area contributed by atoms with E-state index in [0.29, 0.717) is 32.2 Å². The number of hydrogen-bond acceptors (Lipinski definition) is 4. The van der Waals surface area contributed by atoms with E-state index >= 15 is 0 Å². The van der Waals surface area contributed by atoms with Gasteiger partial charge in [0.2, 0.25) is 17.7 Å². The minimum atomic E-state index is -0.899. The number of amides is 3. The van der Waals surface area contributed by atoms with Crippen molar-refractivity contribution in [3.63, 3.8) is 0 Å². The number of nitrogens with zero attached hydrogens (tertiary/aromatic N) is 3. The highest BCUT2D eigenvalue weighted by Gasteiger charge is 2.30. The van der Waals surface area contributed by atoms with Crippen molar-refractivity contribution in [1.82, 2.24) is 9.80 Å². The van der Waals surface area contributed by atoms with Crippen LogP contribution in [0.5, 0.6) is 0 Å². The number of aliphatic carboxylic acids is 1. The number of benzene rings is 1. The lowest BCUT2D eigenvalue weighted by molar-refractivity contribution is -0.147. The largest absolute Gasteiger partial charge is 0.481 e. The van der Waals surface area contributed by atoms with Crippen LogP contribution in [0.25, 0.3) is 0 Å². The number of fused-ring (bicyclic) bond motifs is 1. The molecule has 3 amide bonds. The zero-order valence-corrected chi connectivity index (χ0v) is 16.0. The fraction of sp³-hybridized carbons (Fsp3) is 0.500. The normalized spacial score (nSPS) is 19.2. The summed E-state index contributed by atoms with van der Waals surface area (Å²) in [5.41, 5.74) is 1.77. The molecule has 2 aliphatic rings. The van der Waals surface area contributed by atoms with Gasteiger partial charge in [0.1, 0.15) is 6.54 Å². The van der Waals surface area contributed by atoms with Gasteiger partial charge < -0.3 is 19.8 Å². The summed E-state index contributed by atoms with van der Waals surface area (Å²) in [6.07, 6.45) is 2.22. The van der Waals surface area contributed by atoms with Crippen LogP contribution in [-0.2, 0) is 25.6 Å². The second-order valence-electron chi connectivity index (χ2n) is 7.38. The average molecular weight is 387 g/mol. The quantitative estimate of drug-likeness (QED) is 0.804. The Morgan fingerprint density at radius 2 is 1.96 bits per heavy atom. The predicted molar refractivity (Wildman–Crippen MR) is 102 cm³/mol. The lowest BCUT2D eigenvalue weighted by Gasteiger charge is -2.33. The van der Waals surface area contributed by atoms with E-state index in [4.69, 9.17) is 5.11 Å². The number of carbonyl (C=O) groups is 4. The van der Waals surface area contributed by atoms with Crippen LogP contribution in [0.1, 0.15) is 24.8 Å². The van der Waals surface area contributed by atoms with E-state index in [1.54, 1.807) is 0 Å². The van der Waals surface area contributed by atoms with E-state index in [1.807, 2.05) is 24.3 Å². The monoisotopic (exact) mass is 387 g/mol. The van der Waals surface area contributed by atoms with Crippen molar-refractivity contribution in [3.8, 4) is 0 Å². The van der Waals surface area contributed by atoms with Crippen molar-refractivity contribution < 1.29 is 24.3 Å². The molecule has 0 aliphatic carbocycles. The van der Waals surface area contributed by atoms with Crippen molar-refractivity contribution in [2.45, 2.75) is 25.7 Å². The molecule has 0 aromatic heterocycles. The number of carboxylic acid groups (broad SMARTS) is 1. The number of piperidine rings is 1. The zero-order chi connectivity index (χ0) is 20.3. The van der Waals surface area contributed by atoms with Gasteiger partial charge in [-0.15, -0.1) is 0 Å². The number of aryl methyl sites for hydroxylation is 1. The minimum Gasteiger partial charge on any atom is -0.481 e. The van der Waals surface area contributed by atoms with Gasteiger partial charge in [0.15, 0.2) is 0 Å². The van der Waals surface area contributed by atoms with Gasteiger partial charge in [0, 0.05) is 32.2 Å². The molecule has 0 saturated carbocycles. The molecule has 3 rings (SSSR count). The Labute approximate surface area is 163 Å². The molecule has 2 heterocycles. The van der Waals surface area contributed by atoms with Gasteiger partial charge in [0.05, 0.1) is 12.5 Å². The van der Waals surface area contributed by atoms with Crippen molar-refractivity contribution in [3.05, 3.63) is 29.8 Å². The maximum absolute atomic E-state index is 12.6. The lowest BCUT2D eigenvalue weighted by atomic mass is 9.98. The summed E-state index contributed by atoms with van der Waals surface area (Å²) in [5, 5.41) is 9.16. The summed E-state index contributed by atoms with van der Waals surface area (Å²) in [4.78, 5) is 52.9. The molecular weight excluding hydrogens is 362 g/mol. The molecule has 8 nitrogen and oxygen atoms in total. The van der Waals surface area contributed by atoms with E-state index in [-0.39, 0.29) is 37.4 Å². The van der Waals surface area contributed by atoms with E-state index in [2.05, 4.69) is 0 Å². The summed E-state index contributed by atoms with van der Waals surface area (Å²) in [5.74, 6) is -2.16. The van der Waals surface area contributed by atoms with Gasteiger partial charge in [-0.05, 0) is 30.9 Å². The first kappa shape index (κ1) is 19.9. The van der Waals surface area contributed by atoms with Crippen LogP contribution in [0.2, 0.25) is 0 Å². The number of rotatable bonds is 5. The summed E-state index contributed by atoms with van der Waals surface area (Å²) >= 11 is 0. The first-order chi connectivity index (χ1) is 13.4. The summed E-state index contributed by atoms with van der Waals surface area (Å²) < 4.78 is 0. The molecule has 28 heavy (non-hydrogen) atoms. The number of para-hydroxylation sites is 1. The molecule has 0 spiro atoms. The van der Waals surface area contributed by atoms with Crippen LogP contribution >= 0.6 is 0 Å². The third-order valence-electron chi connectivity index (χ3n) is 5.41. The Balaban J connectivity index is 1.60. The molecule has 1 atom stereocenters. The molecule has 0 bridgehead atoms. The van der Waals surface area contributed by atoms with Gasteiger partial charge in [-0.3, -0.25) is 19.2 Å². The Kier molecular flexibility index (Phi) is 5.96. The molecular formula is C20H25N3O5. The maximum atomic E-state index is 12.6. The van der Waals surface area contributed by atoms with E-state index in [0.717, 1.165) is 11.3 Å².